The monoisotopic (exact) mass is 588 g/mol. The largest absolute Gasteiger partial charge is 0.457 e. The van der Waals surface area contributed by atoms with Crippen LogP contribution in [0.5, 0.6) is 11.5 Å². The van der Waals surface area contributed by atoms with Gasteiger partial charge in [0.15, 0.2) is 0 Å². The Morgan fingerprint density at radius 2 is 1.73 bits per heavy atom. The van der Waals surface area contributed by atoms with E-state index in [1.807, 2.05) is 49.1 Å². The standard InChI is InChI=1S/C19H15N3OS.C11H10FNO2.CH4S/c1-20-14-3-5-15(6-4-14)23-18-8-9-22-17-10-13(2-7-16(17)18)19-11-21-12-24-19;12-8-1-3-9(4-2-8)13-10(15)11(7-14)5-6-11;1-2/h2-12,20H,1H3;1-4,7H,5-6H2,(H,13,15);2H,1H3. The highest BCUT2D eigenvalue weighted by Crippen LogP contribution is 2.44. The van der Waals surface area contributed by atoms with E-state index in [0.717, 1.165) is 38.5 Å². The first-order valence-electron chi connectivity index (χ1n) is 12.7. The van der Waals surface area contributed by atoms with E-state index in [9.17, 15) is 14.0 Å². The maximum absolute atomic E-state index is 12.6. The molecule has 1 amide bonds. The lowest BCUT2D eigenvalue weighted by Crippen LogP contribution is -2.25. The molecule has 1 fully saturated rings. The first-order chi connectivity index (χ1) is 20.0. The molecule has 0 atom stereocenters. The van der Waals surface area contributed by atoms with Gasteiger partial charge in [-0.2, -0.15) is 12.6 Å². The van der Waals surface area contributed by atoms with E-state index in [1.165, 1.54) is 24.3 Å². The summed E-state index contributed by atoms with van der Waals surface area (Å²) in [6.45, 7) is 0. The zero-order valence-corrected chi connectivity index (χ0v) is 24.2. The Hall–Kier alpha value is -4.28. The number of thiazole rings is 1. The van der Waals surface area contributed by atoms with E-state index in [1.54, 1.807) is 23.8 Å². The Bertz CT molecular complexity index is 1590. The Kier molecular flexibility index (Phi) is 10.0. The number of ether oxygens (including phenoxy) is 1. The van der Waals surface area contributed by atoms with Gasteiger partial charge < -0.3 is 20.2 Å². The number of thiol groups is 1. The van der Waals surface area contributed by atoms with Gasteiger partial charge in [0.25, 0.3) is 0 Å². The van der Waals surface area contributed by atoms with Gasteiger partial charge in [0.2, 0.25) is 5.91 Å². The van der Waals surface area contributed by atoms with Gasteiger partial charge >= 0.3 is 0 Å². The first-order valence-corrected chi connectivity index (χ1v) is 14.5. The fraction of sp³-hybridized carbons (Fsp3) is 0.161. The summed E-state index contributed by atoms with van der Waals surface area (Å²) < 4.78 is 18.6. The van der Waals surface area contributed by atoms with Crippen molar-refractivity contribution in [3.8, 4) is 21.9 Å². The second kappa shape index (κ2) is 13.9. The molecule has 0 radical (unpaired) electrons. The van der Waals surface area contributed by atoms with Gasteiger partial charge in [-0.25, -0.2) is 4.39 Å². The molecule has 210 valence electrons. The van der Waals surface area contributed by atoms with Crippen molar-refractivity contribution in [2.45, 2.75) is 12.8 Å². The van der Waals surface area contributed by atoms with Crippen molar-refractivity contribution in [2.24, 2.45) is 5.41 Å². The Labute approximate surface area is 247 Å². The predicted octanol–water partition coefficient (Wildman–Crippen LogP) is 7.48. The molecule has 41 heavy (non-hydrogen) atoms. The van der Waals surface area contributed by atoms with Gasteiger partial charge in [0.1, 0.15) is 29.0 Å². The van der Waals surface area contributed by atoms with Crippen molar-refractivity contribution in [3.05, 3.63) is 96.5 Å². The van der Waals surface area contributed by atoms with Gasteiger partial charge in [0, 0.05) is 36.2 Å². The van der Waals surface area contributed by atoms with Crippen molar-refractivity contribution >= 4 is 58.4 Å². The number of rotatable bonds is 7. The number of benzene rings is 3. The lowest BCUT2D eigenvalue weighted by Gasteiger charge is -2.10. The third-order valence-electron chi connectivity index (χ3n) is 6.36. The van der Waals surface area contributed by atoms with E-state index in [4.69, 9.17) is 4.74 Å². The molecule has 3 aromatic carbocycles. The van der Waals surface area contributed by atoms with Crippen LogP contribution in [0.4, 0.5) is 15.8 Å². The molecule has 10 heteroatoms. The van der Waals surface area contributed by atoms with Crippen LogP contribution in [0.3, 0.4) is 0 Å². The van der Waals surface area contributed by atoms with Gasteiger partial charge in [0.05, 0.1) is 15.9 Å². The van der Waals surface area contributed by atoms with E-state index >= 15 is 0 Å². The average molecular weight is 589 g/mol. The lowest BCUT2D eigenvalue weighted by molar-refractivity contribution is -0.126. The molecule has 1 aliphatic rings. The highest BCUT2D eigenvalue weighted by molar-refractivity contribution is 7.79. The normalized spacial score (nSPS) is 12.6. The second-order valence-electron chi connectivity index (χ2n) is 9.02. The summed E-state index contributed by atoms with van der Waals surface area (Å²) >= 11 is 5.15. The van der Waals surface area contributed by atoms with Crippen LogP contribution in [0.1, 0.15) is 12.8 Å². The van der Waals surface area contributed by atoms with Crippen LogP contribution in [-0.4, -0.2) is 35.5 Å². The molecule has 1 saturated carbocycles. The van der Waals surface area contributed by atoms with Gasteiger partial charge in [-0.1, -0.05) is 6.07 Å². The Balaban J connectivity index is 0.000000196. The van der Waals surface area contributed by atoms with E-state index in [0.29, 0.717) is 24.8 Å². The number of amides is 1. The summed E-state index contributed by atoms with van der Waals surface area (Å²) in [5.74, 6) is 0.940. The molecule has 1 aliphatic carbocycles. The third kappa shape index (κ3) is 7.47. The topological polar surface area (TPSA) is 93.2 Å². The van der Waals surface area contributed by atoms with Crippen LogP contribution in [0, 0.1) is 11.2 Å². The van der Waals surface area contributed by atoms with Gasteiger partial charge in [-0.05, 0) is 91.4 Å². The van der Waals surface area contributed by atoms with Crippen LogP contribution in [0.25, 0.3) is 21.3 Å². The molecule has 0 saturated heterocycles. The average Bonchev–Trinajstić information content (AvgIpc) is 3.64. The van der Waals surface area contributed by atoms with Crippen LogP contribution in [-0.2, 0) is 9.59 Å². The van der Waals surface area contributed by atoms with Crippen LogP contribution in [0.15, 0.2) is 90.7 Å². The lowest BCUT2D eigenvalue weighted by atomic mass is 10.1. The molecular weight excluding hydrogens is 559 g/mol. The van der Waals surface area contributed by atoms with Crippen LogP contribution >= 0.6 is 24.0 Å². The Morgan fingerprint density at radius 1 is 1.02 bits per heavy atom. The number of anilines is 2. The Morgan fingerprint density at radius 3 is 2.34 bits per heavy atom. The number of aldehydes is 1. The van der Waals surface area contributed by atoms with E-state index < -0.39 is 5.41 Å². The zero-order valence-electron chi connectivity index (χ0n) is 22.5. The number of pyridine rings is 1. The van der Waals surface area contributed by atoms with Crippen molar-refractivity contribution in [1.82, 2.24) is 9.97 Å². The highest BCUT2D eigenvalue weighted by Gasteiger charge is 2.50. The van der Waals surface area contributed by atoms with Crippen molar-refractivity contribution in [2.75, 3.05) is 23.9 Å². The van der Waals surface area contributed by atoms with Gasteiger partial charge in [-0.3, -0.25) is 14.8 Å². The molecule has 0 spiro atoms. The summed E-state index contributed by atoms with van der Waals surface area (Å²) in [7, 11) is 1.90. The molecular formula is C31H29FN4O3S2. The summed E-state index contributed by atoms with van der Waals surface area (Å²) in [6, 6.07) is 21.4. The molecule has 5 aromatic rings. The summed E-state index contributed by atoms with van der Waals surface area (Å²) in [5.41, 5.74) is 4.60. The van der Waals surface area contributed by atoms with Crippen molar-refractivity contribution < 1.29 is 18.7 Å². The number of nitrogens with one attached hydrogen (secondary N) is 2. The molecule has 0 bridgehead atoms. The number of hydrogen-bond acceptors (Lipinski definition) is 8. The van der Waals surface area contributed by atoms with Crippen LogP contribution in [0.2, 0.25) is 0 Å². The zero-order chi connectivity index (χ0) is 29.2. The number of fused-ring (bicyclic) bond motifs is 1. The number of nitrogens with zero attached hydrogens (tertiary/aromatic N) is 2. The second-order valence-corrected chi connectivity index (χ2v) is 9.90. The van der Waals surface area contributed by atoms with Crippen molar-refractivity contribution in [3.63, 3.8) is 0 Å². The minimum absolute atomic E-state index is 0.302. The fourth-order valence-corrected chi connectivity index (χ4v) is 4.48. The van der Waals surface area contributed by atoms with Crippen LogP contribution < -0.4 is 15.4 Å². The number of carbonyl (C=O) groups excluding carboxylic acids is 2. The minimum Gasteiger partial charge on any atom is -0.457 e. The minimum atomic E-state index is -0.825. The maximum Gasteiger partial charge on any atom is 0.237 e. The summed E-state index contributed by atoms with van der Waals surface area (Å²) in [4.78, 5) is 32.0. The van der Waals surface area contributed by atoms with E-state index in [-0.39, 0.29) is 11.7 Å². The summed E-state index contributed by atoms with van der Waals surface area (Å²) in [6.07, 6.45) is 7.23. The number of hydrogen-bond donors (Lipinski definition) is 3. The predicted molar refractivity (Wildman–Crippen MR) is 167 cm³/mol. The molecule has 2 heterocycles. The summed E-state index contributed by atoms with van der Waals surface area (Å²) in [5, 5.41) is 6.67. The molecule has 2 aromatic heterocycles. The molecule has 7 nitrogen and oxygen atoms in total. The fourth-order valence-electron chi connectivity index (χ4n) is 3.86. The quantitative estimate of drug-likeness (QED) is 0.104. The molecule has 0 unspecified atom stereocenters. The van der Waals surface area contributed by atoms with Crippen molar-refractivity contribution in [1.29, 1.82) is 0 Å². The first kappa shape index (κ1) is 29.7. The SMILES string of the molecule is CNc1ccc(Oc2ccnc3cc(-c4cncs4)ccc23)cc1.CS.O=CC1(C(=O)Nc2ccc(F)cc2)CC1. The molecule has 6 rings (SSSR count). The molecule has 2 N–H and O–H groups in total. The number of aromatic nitrogens is 2. The maximum atomic E-state index is 12.6. The van der Waals surface area contributed by atoms with E-state index in [2.05, 4.69) is 51.4 Å². The third-order valence-corrected chi connectivity index (χ3v) is 7.18. The smallest absolute Gasteiger partial charge is 0.237 e. The molecule has 0 aliphatic heterocycles. The number of halogens is 1. The van der Waals surface area contributed by atoms with Gasteiger partial charge in [-0.15, -0.1) is 11.3 Å². The highest BCUT2D eigenvalue weighted by atomic mass is 32.1. The number of carbonyl (C=O) groups is 2.